The highest BCUT2D eigenvalue weighted by Crippen LogP contribution is 2.44. The Kier molecular flexibility index (Phi) is 14.3. The smallest absolute Gasteiger partial charge is 0.413 e. The molecule has 6 aromatic rings. The Bertz CT molecular complexity index is 2890. The summed E-state index contributed by atoms with van der Waals surface area (Å²) in [6.45, 7) is 5.08. The van der Waals surface area contributed by atoms with Gasteiger partial charge in [-0.05, 0) is 31.9 Å². The molecule has 0 spiro atoms. The summed E-state index contributed by atoms with van der Waals surface area (Å²) in [5.74, 6) is -3.32. The topological polar surface area (TPSA) is 192 Å². The van der Waals surface area contributed by atoms with Crippen molar-refractivity contribution in [1.29, 1.82) is 0 Å². The zero-order chi connectivity index (χ0) is 48.9. The van der Waals surface area contributed by atoms with Crippen molar-refractivity contribution in [2.75, 3.05) is 17.3 Å². The van der Waals surface area contributed by atoms with E-state index in [2.05, 4.69) is 20.8 Å². The Hall–Kier alpha value is -6.99. The quantitative estimate of drug-likeness (QED) is 0.0249. The van der Waals surface area contributed by atoms with Crippen molar-refractivity contribution in [3.63, 3.8) is 0 Å². The Labute approximate surface area is 411 Å². The van der Waals surface area contributed by atoms with Gasteiger partial charge in [0, 0.05) is 16.7 Å². The van der Waals surface area contributed by atoms with E-state index in [1.54, 1.807) is 81.4 Å². The molecule has 0 saturated carbocycles. The molecule has 2 atom stereocenters. The van der Waals surface area contributed by atoms with E-state index in [-0.39, 0.29) is 26.7 Å². The molecule has 354 valence electrons. The number of esters is 1. The molecule has 1 aromatic heterocycles. The Morgan fingerprint density at radius 1 is 0.797 bits per heavy atom. The first-order valence-corrected chi connectivity index (χ1v) is 25.4. The summed E-state index contributed by atoms with van der Waals surface area (Å²) in [5.41, 5.74) is -0.285. The first-order valence-electron chi connectivity index (χ1n) is 21.3. The maximum Gasteiger partial charge on any atom is 0.413 e. The van der Waals surface area contributed by atoms with E-state index in [1.807, 2.05) is 91.0 Å². The second-order valence-corrected chi connectivity index (χ2v) is 20.9. The van der Waals surface area contributed by atoms with Gasteiger partial charge in [-0.1, -0.05) is 180 Å². The number of amides is 3. The van der Waals surface area contributed by atoms with E-state index in [9.17, 15) is 27.6 Å². The maximum atomic E-state index is 14.9. The number of ether oxygens (including phenoxy) is 2. The summed E-state index contributed by atoms with van der Waals surface area (Å²) >= 11 is 8.70. The molecule has 3 heterocycles. The number of β-lactam (4-membered cyclic amide) rings is 1. The average Bonchev–Trinajstić information content (AvgIpc) is 3.69. The van der Waals surface area contributed by atoms with Crippen LogP contribution in [-0.2, 0) is 48.6 Å². The van der Waals surface area contributed by atoms with Crippen LogP contribution in [0.5, 0.6) is 0 Å². The third kappa shape index (κ3) is 10.8. The number of carbonyl (C=O) groups excluding carboxylic acids is 4. The van der Waals surface area contributed by atoms with Crippen molar-refractivity contribution in [3.05, 3.63) is 201 Å². The fourth-order valence-corrected chi connectivity index (χ4v) is 10.5. The molecule has 0 aliphatic carbocycles. The molecule has 69 heavy (non-hydrogen) atoms. The number of anilines is 1. The highest BCUT2D eigenvalue weighted by Gasteiger charge is 2.56. The van der Waals surface area contributed by atoms with Crippen LogP contribution < -0.4 is 10.6 Å². The largest absolute Gasteiger partial charge is 0.448 e. The van der Waals surface area contributed by atoms with Crippen LogP contribution in [-0.4, -0.2) is 76.9 Å². The number of oxime groups is 1. The number of thioether (sulfide) groups is 1. The summed E-state index contributed by atoms with van der Waals surface area (Å²) in [6.07, 6.45) is -0.969. The van der Waals surface area contributed by atoms with Gasteiger partial charge in [0.15, 0.2) is 28.4 Å². The fourth-order valence-electron chi connectivity index (χ4n) is 7.66. The van der Waals surface area contributed by atoms with Crippen LogP contribution in [0.15, 0.2) is 168 Å². The van der Waals surface area contributed by atoms with Gasteiger partial charge in [-0.15, -0.1) is 11.8 Å². The van der Waals surface area contributed by atoms with E-state index in [1.165, 1.54) is 0 Å². The number of aromatic nitrogens is 1. The van der Waals surface area contributed by atoms with E-state index < -0.39 is 74.1 Å². The van der Waals surface area contributed by atoms with Gasteiger partial charge in [0.25, 0.3) is 11.8 Å². The number of thiazole rings is 1. The molecule has 2 N–H and O–H groups in total. The number of carbonyl (C=O) groups is 4. The van der Waals surface area contributed by atoms with Gasteiger partial charge in [0.1, 0.15) is 27.0 Å². The van der Waals surface area contributed by atoms with Crippen LogP contribution in [0.1, 0.15) is 60.4 Å². The number of halogens is 1. The number of nitrogens with zero attached hydrogens (tertiary/aromatic N) is 3. The summed E-state index contributed by atoms with van der Waals surface area (Å²) in [5, 5.41) is 8.85. The molecular weight excluding hydrogens is 962 g/mol. The van der Waals surface area contributed by atoms with Crippen molar-refractivity contribution in [2.45, 2.75) is 49.5 Å². The molecule has 8 rings (SSSR count). The molecule has 1 fully saturated rings. The number of benzene rings is 5. The normalized spacial score (nSPS) is 16.2. The summed E-state index contributed by atoms with van der Waals surface area (Å²) < 4.78 is 41.9. The number of hydrogen-bond acceptors (Lipinski definition) is 14. The second kappa shape index (κ2) is 20.3. The van der Waals surface area contributed by atoms with E-state index in [0.717, 1.165) is 34.3 Å². The lowest BCUT2D eigenvalue weighted by molar-refractivity contribution is -0.154. The van der Waals surface area contributed by atoms with Gasteiger partial charge >= 0.3 is 22.2 Å². The van der Waals surface area contributed by atoms with Gasteiger partial charge in [-0.25, -0.2) is 14.6 Å². The van der Waals surface area contributed by atoms with Gasteiger partial charge in [0.05, 0.1) is 12.0 Å². The van der Waals surface area contributed by atoms with Crippen LogP contribution in [0.2, 0.25) is 4.34 Å². The summed E-state index contributed by atoms with van der Waals surface area (Å²) in [4.78, 5) is 68.8. The minimum Gasteiger partial charge on any atom is -0.448 e. The van der Waals surface area contributed by atoms with E-state index >= 15 is 0 Å². The SMILES string of the molecule is CC(C)(C)OC(=O)Nc1nc(/C(=N/OC(c2ccccc2)(c2ccccc2)c2ccccc2)C(=O)NC2C(=O)N3C(C(=O)OC(c4ccccc4)c4ccccc4)=C(OS(C)(=O)=O)CS[C@H]23)c(Cl)s1. The molecule has 1 saturated heterocycles. The molecular formula is C50H44ClN5O10S3. The fraction of sp³-hybridized carbons (Fsp3) is 0.200. The van der Waals surface area contributed by atoms with Gasteiger partial charge < -0.3 is 23.8 Å². The van der Waals surface area contributed by atoms with Gasteiger partial charge in [-0.2, -0.15) is 8.42 Å². The van der Waals surface area contributed by atoms with Crippen LogP contribution in [0.25, 0.3) is 0 Å². The molecule has 15 nitrogen and oxygen atoms in total. The van der Waals surface area contributed by atoms with Gasteiger partial charge in [-0.3, -0.25) is 19.8 Å². The maximum absolute atomic E-state index is 14.9. The van der Waals surface area contributed by atoms with Crippen molar-refractivity contribution < 1.29 is 46.1 Å². The zero-order valence-electron chi connectivity index (χ0n) is 37.4. The number of hydrogen-bond donors (Lipinski definition) is 2. The third-order valence-electron chi connectivity index (χ3n) is 10.5. The van der Waals surface area contributed by atoms with Crippen molar-refractivity contribution >= 4 is 79.5 Å². The molecule has 5 aromatic carbocycles. The predicted octanol–water partition coefficient (Wildman–Crippen LogP) is 8.78. The van der Waals surface area contributed by atoms with E-state index in [0.29, 0.717) is 27.8 Å². The minimum atomic E-state index is -4.20. The molecule has 0 radical (unpaired) electrons. The predicted molar refractivity (Wildman–Crippen MR) is 263 cm³/mol. The Morgan fingerprint density at radius 3 is 1.77 bits per heavy atom. The number of fused-ring (bicyclic) bond motifs is 1. The lowest BCUT2D eigenvalue weighted by Gasteiger charge is -2.49. The lowest BCUT2D eigenvalue weighted by Crippen LogP contribution is -2.71. The van der Waals surface area contributed by atoms with E-state index in [4.69, 9.17) is 30.1 Å². The van der Waals surface area contributed by atoms with Crippen LogP contribution >= 0.6 is 34.7 Å². The molecule has 2 aliphatic heterocycles. The zero-order valence-corrected chi connectivity index (χ0v) is 40.6. The van der Waals surface area contributed by atoms with Crippen molar-refractivity contribution in [2.24, 2.45) is 5.16 Å². The first-order chi connectivity index (χ1) is 33.0. The molecule has 19 heteroatoms. The molecule has 2 aliphatic rings. The molecule has 3 amide bonds. The first kappa shape index (κ1) is 48.5. The minimum absolute atomic E-state index is 0.0325. The molecule has 0 bridgehead atoms. The van der Waals surface area contributed by atoms with Crippen LogP contribution in [0.4, 0.5) is 9.93 Å². The second-order valence-electron chi connectivity index (χ2n) is 16.6. The highest BCUT2D eigenvalue weighted by atomic mass is 35.5. The summed E-state index contributed by atoms with van der Waals surface area (Å²) in [7, 11) is -4.20. The Balaban J connectivity index is 1.17. The standard InChI is InChI=1S/C50H44ClN5O10S3/c1-49(2,3)64-48(60)54-47-53-37(42(51)68-47)38(55-66-50(33-24-14-7-15-25-33,34-26-16-8-17-27-34)35-28-18-9-19-29-35)43(57)52-39-44(58)56-40(36(30-67-45(39)56)65-69(4,61)62)46(59)63-41(31-20-10-5-11-21-31)32-22-12-6-13-23-32/h5-29,39,41,45H,30H2,1-4H3,(H,52,57)(H,53,54,60)/b55-38-/t39?,45-/m1/s1. The Morgan fingerprint density at radius 2 is 1.29 bits per heavy atom. The van der Waals surface area contributed by atoms with Crippen molar-refractivity contribution in [3.8, 4) is 0 Å². The van der Waals surface area contributed by atoms with Gasteiger partial charge in [0.2, 0.25) is 5.60 Å². The average molecular weight is 1010 g/mol. The monoisotopic (exact) mass is 1010 g/mol. The van der Waals surface area contributed by atoms with Crippen molar-refractivity contribution in [1.82, 2.24) is 15.2 Å². The highest BCUT2D eigenvalue weighted by molar-refractivity contribution is 8.00. The number of nitrogens with one attached hydrogen (secondary N) is 2. The number of rotatable bonds is 15. The summed E-state index contributed by atoms with van der Waals surface area (Å²) in [6, 6.07) is 44.2. The lowest BCUT2D eigenvalue weighted by atomic mass is 9.80. The molecule has 1 unspecified atom stereocenters. The third-order valence-corrected chi connectivity index (χ3v) is 13.5. The van der Waals surface area contributed by atoms with Crippen LogP contribution in [0.3, 0.4) is 0 Å². The van der Waals surface area contributed by atoms with Crippen LogP contribution in [0, 0.1) is 0 Å².